The second-order valence-electron chi connectivity index (χ2n) is 5.54. The van der Waals surface area contributed by atoms with Crippen LogP contribution in [0.2, 0.25) is 0 Å². The van der Waals surface area contributed by atoms with Gasteiger partial charge >= 0.3 is 0 Å². The molecule has 0 aliphatic carbocycles. The van der Waals surface area contributed by atoms with E-state index < -0.39 is 0 Å². The van der Waals surface area contributed by atoms with Crippen molar-refractivity contribution in [3.8, 4) is 0 Å². The Morgan fingerprint density at radius 2 is 1.95 bits per heavy atom. The van der Waals surface area contributed by atoms with E-state index in [0.717, 1.165) is 19.4 Å². The van der Waals surface area contributed by atoms with Crippen LogP contribution in [-0.2, 0) is 19.9 Å². The fourth-order valence-corrected chi connectivity index (χ4v) is 3.32. The number of nitrogens with one attached hydrogen (secondary N) is 1. The predicted molar refractivity (Wildman–Crippen MR) is 90.2 cm³/mol. The lowest BCUT2D eigenvalue weighted by Gasteiger charge is -2.19. The number of aromatic nitrogens is 2. The summed E-state index contributed by atoms with van der Waals surface area (Å²) >= 11 is 3.73. The van der Waals surface area contributed by atoms with E-state index in [1.165, 1.54) is 48.0 Å². The first-order valence-corrected chi connectivity index (χ1v) is 8.86. The number of hydrogen-bond donors (Lipinski definition) is 1. The van der Waals surface area contributed by atoms with E-state index in [2.05, 4.69) is 54.2 Å². The van der Waals surface area contributed by atoms with Gasteiger partial charge in [-0.25, -0.2) is 0 Å². The first-order valence-electron chi connectivity index (χ1n) is 8.07. The molecule has 1 rings (SSSR count). The summed E-state index contributed by atoms with van der Waals surface area (Å²) in [6.07, 6.45) is 8.43. The molecule has 116 valence electrons. The summed E-state index contributed by atoms with van der Waals surface area (Å²) in [6.45, 7) is 7.75. The lowest BCUT2D eigenvalue weighted by atomic mass is 10.0. The summed E-state index contributed by atoms with van der Waals surface area (Å²) in [5, 5.41) is 8.30. The van der Waals surface area contributed by atoms with Crippen molar-refractivity contribution in [1.82, 2.24) is 15.1 Å². The Labute approximate surface area is 132 Å². The van der Waals surface area contributed by atoms with Crippen LogP contribution < -0.4 is 5.32 Å². The molecular formula is C16H30BrN3. The highest BCUT2D eigenvalue weighted by molar-refractivity contribution is 9.10. The molecule has 3 nitrogen and oxygen atoms in total. The number of hydrogen-bond acceptors (Lipinski definition) is 2. The molecule has 0 amide bonds. The summed E-state index contributed by atoms with van der Waals surface area (Å²) in [5.74, 6) is 0. The van der Waals surface area contributed by atoms with E-state index in [0.29, 0.717) is 6.04 Å². The van der Waals surface area contributed by atoms with Crippen molar-refractivity contribution >= 4 is 15.9 Å². The quantitative estimate of drug-likeness (QED) is 0.644. The maximum absolute atomic E-state index is 4.60. The number of halogens is 1. The first-order chi connectivity index (χ1) is 9.63. The molecule has 1 atom stereocenters. The molecule has 0 saturated heterocycles. The third kappa shape index (κ3) is 5.21. The number of rotatable bonds is 10. The second kappa shape index (κ2) is 9.56. The van der Waals surface area contributed by atoms with E-state index in [1.54, 1.807) is 0 Å². The van der Waals surface area contributed by atoms with Gasteiger partial charge in [0.1, 0.15) is 0 Å². The van der Waals surface area contributed by atoms with Crippen LogP contribution in [0.1, 0.15) is 64.3 Å². The van der Waals surface area contributed by atoms with Crippen molar-refractivity contribution < 1.29 is 0 Å². The van der Waals surface area contributed by atoms with Crippen molar-refractivity contribution in [3.05, 3.63) is 15.9 Å². The number of aryl methyl sites for hydroxylation is 2. The molecule has 0 aliphatic heterocycles. The van der Waals surface area contributed by atoms with Gasteiger partial charge in [-0.3, -0.25) is 4.68 Å². The van der Waals surface area contributed by atoms with Crippen molar-refractivity contribution in [2.45, 2.75) is 71.8 Å². The molecule has 1 heterocycles. The van der Waals surface area contributed by atoms with Crippen molar-refractivity contribution in [2.75, 3.05) is 6.54 Å². The van der Waals surface area contributed by atoms with Gasteiger partial charge in [0.15, 0.2) is 0 Å². The standard InChI is InChI=1S/C16H30BrN3/c1-5-8-9-10-13(18-11-6-2)12-15-16(17)14(7-3)19-20(15)4/h13,18H,5-12H2,1-4H3. The SMILES string of the molecule is CCCCCC(Cc1c(Br)c(CC)nn1C)NCCC. The van der Waals surface area contributed by atoms with Gasteiger partial charge in [0, 0.05) is 19.5 Å². The largest absolute Gasteiger partial charge is 0.314 e. The molecule has 1 aromatic rings. The Bertz CT molecular complexity index is 387. The van der Waals surface area contributed by atoms with Gasteiger partial charge in [-0.15, -0.1) is 0 Å². The van der Waals surface area contributed by atoms with E-state index in [-0.39, 0.29) is 0 Å². The smallest absolute Gasteiger partial charge is 0.0766 e. The third-order valence-corrected chi connectivity index (χ3v) is 4.70. The first kappa shape index (κ1) is 17.7. The maximum atomic E-state index is 4.60. The molecule has 0 spiro atoms. The van der Waals surface area contributed by atoms with Gasteiger partial charge in [-0.1, -0.05) is 40.0 Å². The number of nitrogens with zero attached hydrogens (tertiary/aromatic N) is 2. The van der Waals surface area contributed by atoms with Crippen LogP contribution in [0.25, 0.3) is 0 Å². The summed E-state index contributed by atoms with van der Waals surface area (Å²) in [6, 6.07) is 0.568. The van der Waals surface area contributed by atoms with Gasteiger partial charge in [0.25, 0.3) is 0 Å². The zero-order valence-corrected chi connectivity index (χ0v) is 15.1. The predicted octanol–water partition coefficient (Wildman–Crippen LogP) is 4.24. The monoisotopic (exact) mass is 343 g/mol. The number of unbranched alkanes of at least 4 members (excludes halogenated alkanes) is 2. The lowest BCUT2D eigenvalue weighted by Crippen LogP contribution is -2.32. The molecule has 1 unspecified atom stereocenters. The summed E-state index contributed by atoms with van der Waals surface area (Å²) in [7, 11) is 2.06. The minimum Gasteiger partial charge on any atom is -0.314 e. The fraction of sp³-hybridized carbons (Fsp3) is 0.812. The van der Waals surface area contributed by atoms with Gasteiger partial charge < -0.3 is 5.32 Å². The van der Waals surface area contributed by atoms with E-state index in [1.807, 2.05) is 4.68 Å². The molecule has 1 aromatic heterocycles. The highest BCUT2D eigenvalue weighted by Crippen LogP contribution is 2.23. The van der Waals surface area contributed by atoms with Crippen LogP contribution >= 0.6 is 15.9 Å². The molecular weight excluding hydrogens is 314 g/mol. The van der Waals surface area contributed by atoms with Crippen molar-refractivity contribution in [2.24, 2.45) is 7.05 Å². The average Bonchev–Trinajstić information content (AvgIpc) is 2.71. The molecule has 0 bridgehead atoms. The Morgan fingerprint density at radius 3 is 2.50 bits per heavy atom. The van der Waals surface area contributed by atoms with E-state index in [4.69, 9.17) is 0 Å². The molecule has 0 aromatic carbocycles. The Morgan fingerprint density at radius 1 is 1.20 bits per heavy atom. The molecule has 0 saturated carbocycles. The highest BCUT2D eigenvalue weighted by atomic mass is 79.9. The normalized spacial score (nSPS) is 12.8. The van der Waals surface area contributed by atoms with Crippen molar-refractivity contribution in [3.63, 3.8) is 0 Å². The Kier molecular flexibility index (Phi) is 8.46. The van der Waals surface area contributed by atoms with Crippen LogP contribution in [0.5, 0.6) is 0 Å². The van der Waals surface area contributed by atoms with Crippen LogP contribution in [0.15, 0.2) is 4.47 Å². The van der Waals surface area contributed by atoms with Crippen LogP contribution in [-0.4, -0.2) is 22.4 Å². The van der Waals surface area contributed by atoms with Crippen molar-refractivity contribution in [1.29, 1.82) is 0 Å². The van der Waals surface area contributed by atoms with Crippen LogP contribution in [0, 0.1) is 0 Å². The van der Waals surface area contributed by atoms with Gasteiger partial charge in [-0.05, 0) is 41.7 Å². The van der Waals surface area contributed by atoms with E-state index in [9.17, 15) is 0 Å². The minimum absolute atomic E-state index is 0.568. The van der Waals surface area contributed by atoms with E-state index >= 15 is 0 Å². The summed E-state index contributed by atoms with van der Waals surface area (Å²) < 4.78 is 3.25. The topological polar surface area (TPSA) is 29.9 Å². The molecule has 0 fully saturated rings. The molecule has 20 heavy (non-hydrogen) atoms. The minimum atomic E-state index is 0.568. The van der Waals surface area contributed by atoms with Gasteiger partial charge in [0.2, 0.25) is 0 Å². The average molecular weight is 344 g/mol. The summed E-state index contributed by atoms with van der Waals surface area (Å²) in [4.78, 5) is 0. The molecule has 1 N–H and O–H groups in total. The molecule has 0 radical (unpaired) electrons. The van der Waals surface area contributed by atoms with Gasteiger partial charge in [0.05, 0.1) is 15.9 Å². The maximum Gasteiger partial charge on any atom is 0.0766 e. The fourth-order valence-electron chi connectivity index (χ4n) is 2.54. The Hall–Kier alpha value is -0.350. The zero-order chi connectivity index (χ0) is 15.0. The van der Waals surface area contributed by atoms with Crippen LogP contribution in [0.3, 0.4) is 0 Å². The summed E-state index contributed by atoms with van der Waals surface area (Å²) in [5.41, 5.74) is 2.50. The molecule has 4 heteroatoms. The third-order valence-electron chi connectivity index (χ3n) is 3.78. The van der Waals surface area contributed by atoms with Gasteiger partial charge in [-0.2, -0.15) is 5.10 Å². The van der Waals surface area contributed by atoms with Crippen LogP contribution in [0.4, 0.5) is 0 Å². The lowest BCUT2D eigenvalue weighted by molar-refractivity contribution is 0.446. The highest BCUT2D eigenvalue weighted by Gasteiger charge is 2.17. The molecule has 0 aliphatic rings. The Balaban J connectivity index is 2.69. The zero-order valence-electron chi connectivity index (χ0n) is 13.5. The second-order valence-corrected chi connectivity index (χ2v) is 6.33.